The van der Waals surface area contributed by atoms with Crippen molar-refractivity contribution >= 4 is 40.9 Å². The van der Waals surface area contributed by atoms with Gasteiger partial charge >= 0.3 is 6.09 Å². The minimum atomic E-state index is -1.59. The van der Waals surface area contributed by atoms with Crippen LogP contribution in [0.3, 0.4) is 0 Å². The summed E-state index contributed by atoms with van der Waals surface area (Å²) in [5.74, 6) is 0. The van der Waals surface area contributed by atoms with Crippen LogP contribution < -0.4 is 5.32 Å². The maximum absolute atomic E-state index is 11.1. The third-order valence-corrected chi connectivity index (χ3v) is 1.85. The first kappa shape index (κ1) is 13.4. The lowest BCUT2D eigenvalue weighted by Crippen LogP contribution is -2.27. The van der Waals surface area contributed by atoms with Gasteiger partial charge in [0.1, 0.15) is 6.61 Å². The van der Waals surface area contributed by atoms with Crippen LogP contribution in [0.1, 0.15) is 5.56 Å². The Kier molecular flexibility index (Phi) is 5.12. The molecule has 0 aliphatic carbocycles. The molecule has 88 valence electrons. The van der Waals surface area contributed by atoms with Gasteiger partial charge in [0.2, 0.25) is 3.79 Å². The van der Waals surface area contributed by atoms with Crippen molar-refractivity contribution in [1.82, 2.24) is 10.3 Å². The van der Waals surface area contributed by atoms with Crippen molar-refractivity contribution in [1.29, 1.82) is 0 Å². The highest BCUT2D eigenvalue weighted by molar-refractivity contribution is 6.67. The maximum atomic E-state index is 11.1. The van der Waals surface area contributed by atoms with Crippen molar-refractivity contribution in [3.8, 4) is 0 Å². The molecule has 1 rings (SSSR count). The van der Waals surface area contributed by atoms with Crippen molar-refractivity contribution in [2.45, 2.75) is 10.3 Å². The van der Waals surface area contributed by atoms with E-state index in [2.05, 4.69) is 15.0 Å². The van der Waals surface area contributed by atoms with E-state index in [1.807, 2.05) is 6.07 Å². The standard InChI is InChI=1S/C9H9Cl3N2O2/c10-9(11,12)6-16-8(15)14-5-7-2-1-3-13-4-7/h1-4H,5-6H2,(H,14,15). The zero-order chi connectivity index (χ0) is 12.0. The molecule has 16 heavy (non-hydrogen) atoms. The minimum absolute atomic E-state index is 0.295. The minimum Gasteiger partial charge on any atom is -0.445 e. The van der Waals surface area contributed by atoms with Gasteiger partial charge in [-0.3, -0.25) is 4.98 Å². The smallest absolute Gasteiger partial charge is 0.407 e. The van der Waals surface area contributed by atoms with Gasteiger partial charge in [-0.2, -0.15) is 0 Å². The molecule has 0 aromatic carbocycles. The van der Waals surface area contributed by atoms with Crippen molar-refractivity contribution in [3.63, 3.8) is 0 Å². The lowest BCUT2D eigenvalue weighted by atomic mass is 10.3. The van der Waals surface area contributed by atoms with Crippen LogP contribution in [-0.2, 0) is 11.3 Å². The number of carbonyl (C=O) groups excluding carboxylic acids is 1. The van der Waals surface area contributed by atoms with Gasteiger partial charge in [0, 0.05) is 18.9 Å². The van der Waals surface area contributed by atoms with Crippen molar-refractivity contribution in [2.24, 2.45) is 0 Å². The Bertz CT molecular complexity index is 340. The Labute approximate surface area is 108 Å². The van der Waals surface area contributed by atoms with Gasteiger partial charge in [0.25, 0.3) is 0 Å². The van der Waals surface area contributed by atoms with Crippen LogP contribution in [0, 0.1) is 0 Å². The first-order chi connectivity index (χ1) is 7.47. The molecule has 0 radical (unpaired) electrons. The predicted molar refractivity (Wildman–Crippen MR) is 62.7 cm³/mol. The molecule has 0 bridgehead atoms. The average Bonchev–Trinajstić information content (AvgIpc) is 2.24. The zero-order valence-corrected chi connectivity index (χ0v) is 10.4. The number of hydrogen-bond donors (Lipinski definition) is 1. The highest BCUT2D eigenvalue weighted by atomic mass is 35.6. The molecule has 0 saturated carbocycles. The number of rotatable bonds is 3. The Morgan fingerprint density at radius 2 is 2.25 bits per heavy atom. The Balaban J connectivity index is 2.26. The first-order valence-corrected chi connectivity index (χ1v) is 5.47. The fraction of sp³-hybridized carbons (Fsp3) is 0.333. The van der Waals surface area contributed by atoms with Gasteiger partial charge in [-0.15, -0.1) is 0 Å². The molecule has 4 nitrogen and oxygen atoms in total. The average molecular weight is 284 g/mol. The third kappa shape index (κ3) is 6.00. The summed E-state index contributed by atoms with van der Waals surface area (Å²) in [5, 5.41) is 2.49. The lowest BCUT2D eigenvalue weighted by Gasteiger charge is -2.11. The first-order valence-electron chi connectivity index (χ1n) is 4.33. The van der Waals surface area contributed by atoms with E-state index in [-0.39, 0.29) is 6.61 Å². The van der Waals surface area contributed by atoms with Crippen LogP contribution in [0.15, 0.2) is 24.5 Å². The summed E-state index contributed by atoms with van der Waals surface area (Å²) in [6.45, 7) is 0.0169. The van der Waals surface area contributed by atoms with E-state index in [0.717, 1.165) is 5.56 Å². The molecule has 0 unspecified atom stereocenters. The molecule has 0 spiro atoms. The second-order valence-corrected chi connectivity index (χ2v) is 5.42. The van der Waals surface area contributed by atoms with E-state index in [0.29, 0.717) is 6.54 Å². The van der Waals surface area contributed by atoms with Crippen LogP contribution >= 0.6 is 34.8 Å². The number of carbonyl (C=O) groups is 1. The normalized spacial score (nSPS) is 10.9. The Morgan fingerprint density at radius 3 is 2.81 bits per heavy atom. The van der Waals surface area contributed by atoms with E-state index in [9.17, 15) is 4.79 Å². The van der Waals surface area contributed by atoms with Gasteiger partial charge in [-0.05, 0) is 11.6 Å². The summed E-state index contributed by atoms with van der Waals surface area (Å²) in [7, 11) is 0. The molecule has 1 heterocycles. The highest BCUT2D eigenvalue weighted by Crippen LogP contribution is 2.25. The van der Waals surface area contributed by atoms with E-state index >= 15 is 0 Å². The number of ether oxygens (including phenoxy) is 1. The summed E-state index contributed by atoms with van der Waals surface area (Å²) >= 11 is 16.2. The summed E-state index contributed by atoms with van der Waals surface area (Å²) in [6.07, 6.45) is 2.63. The summed E-state index contributed by atoms with van der Waals surface area (Å²) < 4.78 is 3.07. The number of alkyl carbamates (subject to hydrolysis) is 1. The second-order valence-electron chi connectivity index (χ2n) is 2.91. The fourth-order valence-corrected chi connectivity index (χ4v) is 1.04. The largest absolute Gasteiger partial charge is 0.445 e. The molecule has 1 amide bonds. The molecule has 7 heteroatoms. The molecular formula is C9H9Cl3N2O2. The number of nitrogens with one attached hydrogen (secondary N) is 1. The fourth-order valence-electron chi connectivity index (χ4n) is 0.875. The van der Waals surface area contributed by atoms with Crippen molar-refractivity contribution < 1.29 is 9.53 Å². The van der Waals surface area contributed by atoms with Gasteiger partial charge < -0.3 is 10.1 Å². The molecular weight excluding hydrogens is 274 g/mol. The summed E-state index contributed by atoms with van der Waals surface area (Å²) in [4.78, 5) is 15.0. The van der Waals surface area contributed by atoms with Crippen LogP contribution in [0.5, 0.6) is 0 Å². The summed E-state index contributed by atoms with van der Waals surface area (Å²) in [5.41, 5.74) is 0.855. The zero-order valence-electron chi connectivity index (χ0n) is 8.12. The number of pyridine rings is 1. The van der Waals surface area contributed by atoms with Crippen molar-refractivity contribution in [2.75, 3.05) is 6.61 Å². The number of hydrogen-bond acceptors (Lipinski definition) is 3. The molecule has 0 aliphatic heterocycles. The molecule has 1 aromatic rings. The highest BCUT2D eigenvalue weighted by Gasteiger charge is 2.21. The molecule has 0 fully saturated rings. The van der Waals surface area contributed by atoms with E-state index in [4.69, 9.17) is 34.8 Å². The van der Waals surface area contributed by atoms with E-state index < -0.39 is 9.89 Å². The van der Waals surface area contributed by atoms with Gasteiger partial charge in [0.15, 0.2) is 0 Å². The van der Waals surface area contributed by atoms with Crippen LogP contribution in [-0.4, -0.2) is 21.5 Å². The Morgan fingerprint density at radius 1 is 1.50 bits per heavy atom. The third-order valence-electron chi connectivity index (χ3n) is 1.53. The van der Waals surface area contributed by atoms with Crippen LogP contribution in [0.4, 0.5) is 4.79 Å². The lowest BCUT2D eigenvalue weighted by molar-refractivity contribution is 0.148. The van der Waals surface area contributed by atoms with Crippen LogP contribution in [0.2, 0.25) is 0 Å². The number of amides is 1. The molecule has 0 saturated heterocycles. The number of alkyl halides is 3. The van der Waals surface area contributed by atoms with Crippen molar-refractivity contribution in [3.05, 3.63) is 30.1 Å². The van der Waals surface area contributed by atoms with Gasteiger partial charge in [-0.25, -0.2) is 4.79 Å². The Hall–Kier alpha value is -0.710. The topological polar surface area (TPSA) is 51.2 Å². The second kappa shape index (κ2) is 6.13. The number of aromatic nitrogens is 1. The monoisotopic (exact) mass is 282 g/mol. The number of halogens is 3. The molecule has 0 aliphatic rings. The number of nitrogens with zero attached hydrogens (tertiary/aromatic N) is 1. The van der Waals surface area contributed by atoms with E-state index in [1.165, 1.54) is 0 Å². The SMILES string of the molecule is O=C(NCc1cccnc1)OCC(Cl)(Cl)Cl. The summed E-state index contributed by atoms with van der Waals surface area (Å²) in [6, 6.07) is 3.59. The van der Waals surface area contributed by atoms with Gasteiger partial charge in [-0.1, -0.05) is 40.9 Å². The van der Waals surface area contributed by atoms with E-state index in [1.54, 1.807) is 18.5 Å². The quantitative estimate of drug-likeness (QED) is 0.868. The predicted octanol–water partition coefficient (Wildman–Crippen LogP) is 2.68. The molecule has 1 aromatic heterocycles. The van der Waals surface area contributed by atoms with Crippen LogP contribution in [0.25, 0.3) is 0 Å². The molecule has 1 N–H and O–H groups in total. The molecule has 0 atom stereocenters. The van der Waals surface area contributed by atoms with Gasteiger partial charge in [0.05, 0.1) is 0 Å². The maximum Gasteiger partial charge on any atom is 0.407 e.